The molecule has 0 saturated carbocycles. The second kappa shape index (κ2) is 53.5. The molecule has 0 spiro atoms. The molecule has 5 rings (SSSR count). The summed E-state index contributed by atoms with van der Waals surface area (Å²) < 4.78 is 0. The average Bonchev–Trinajstić information content (AvgIpc) is 1.71. The lowest BCUT2D eigenvalue weighted by Gasteiger charge is -2.31. The lowest BCUT2D eigenvalue weighted by molar-refractivity contribution is -0.144. The molecule has 16 atom stereocenters. The number of benzene rings is 1. The minimum Gasteiger partial charge on any atom is -0.481 e. The van der Waals surface area contributed by atoms with Crippen molar-refractivity contribution in [2.24, 2.45) is 34.8 Å². The number of aliphatic hydroxyl groups is 3. The number of nitrogens with zero attached hydrogens (tertiary/aromatic N) is 3. The SMILES string of the molecule is CSCC[C@H](NC(=O)[C@H](CC(C)C)NC(=O)CNC(=O)[C@@H](NC(=O)[C@H](Cc1ccccc1)NC(=O)C1CSSCC(NC(=O)[C@H](CCCCN)NC(=O)[C@H](CO)NC(=O)[C@H](CC(N)=O)NC(=O)[C@H](CO)NC(=O)[C@@H]2CCCN2C(=O)[C@@H](N)CO)C(=O)N2CCC[C@H]2C(=O)NC(CC(=O)O)C(=O)NCC(=O)N2CCC[C@H]2C(=O)N[C@@H](CC(=O)O)C(=O)N1)C(C)C)C(N)=O. The number of primary amides is 2. The molecule has 0 bridgehead atoms. The van der Waals surface area contributed by atoms with Crippen LogP contribution >= 0.6 is 33.3 Å². The summed E-state index contributed by atoms with van der Waals surface area (Å²) in [6.45, 7) is 1.53. The second-order valence-electron chi connectivity index (χ2n) is 31.4. The van der Waals surface area contributed by atoms with E-state index >= 15 is 14.4 Å². The number of nitrogens with one attached hydrogen (secondary N) is 14. The highest BCUT2D eigenvalue weighted by atomic mass is 33.1. The highest BCUT2D eigenvalue weighted by Crippen LogP contribution is 2.28. The van der Waals surface area contributed by atoms with Gasteiger partial charge in [0.15, 0.2) is 0 Å². The van der Waals surface area contributed by atoms with Gasteiger partial charge >= 0.3 is 11.9 Å². The van der Waals surface area contributed by atoms with Crippen LogP contribution in [-0.2, 0) is 107 Å². The maximum absolute atomic E-state index is 15.3. The Kier molecular flexibility index (Phi) is 44.9. The fraction of sp³-hybridized carbons (Fsp3) is 0.649. The standard InChI is InChI=1S/C77H119N21O26S3/c1-38(2)26-44(65(112)85-42(62(81)109)20-25-125-5)84-57(103)31-82-75(122)61(39(3)4)95-68(115)45(27-40-14-7-6-8-15-40)87-71(118)51-36-126-127-37-52(77(124)98-24-13-19-55(98)73(120)89-47(29-59(105)106)63(110)83-32-58(104)96-22-11-17-53(96)72(119)90-48(30-60(107)108)67(114)93-51)94-64(111)43(16-9-10-21-78)86-69(116)49(34-100)91-66(113)46(28-56(80)102)88-70(117)50(35-101)92-74(121)54-18-12-23-97(54)76(123)41(79)33-99/h6-8,14-15,38-39,41-55,61,99-101H,9-13,16-37,78-79H2,1-5H3,(H2,80,102)(H2,81,109)(H,82,122)(H,83,110)(H,84,103)(H,85,112)(H,86,116)(H,87,118)(H,88,117)(H,89,120)(H,90,119)(H,91,113)(H,92,121)(H,93,114)(H,94,111)(H,95,115)(H,105,106)(H,107,108)/t41-,42-,43-,44-,45-,46-,47?,48-,49-,50-,51?,52?,53-,54-,55-,61-/m0/s1. The molecule has 0 aliphatic carbocycles. The molecule has 4 aliphatic heterocycles. The summed E-state index contributed by atoms with van der Waals surface area (Å²) in [6.07, 6.45) is -1.20. The number of rotatable bonds is 43. The van der Waals surface area contributed by atoms with Gasteiger partial charge in [-0.05, 0) is 107 Å². The van der Waals surface area contributed by atoms with Gasteiger partial charge < -0.3 is 138 Å². The summed E-state index contributed by atoms with van der Waals surface area (Å²) in [4.78, 5) is 294. The number of carboxylic acid groups (broad SMARTS) is 2. The van der Waals surface area contributed by atoms with Crippen molar-refractivity contribution in [3.8, 4) is 0 Å². The number of aliphatic hydroxyl groups excluding tert-OH is 3. The Hall–Kier alpha value is -11.1. The molecule has 706 valence electrons. The van der Waals surface area contributed by atoms with Crippen LogP contribution < -0.4 is 97.4 Å². The Morgan fingerprint density at radius 1 is 0.567 bits per heavy atom. The smallest absolute Gasteiger partial charge is 0.305 e. The number of fused-ring (bicyclic) bond motifs is 2. The zero-order valence-electron chi connectivity index (χ0n) is 71.1. The van der Waals surface area contributed by atoms with Gasteiger partial charge in [0, 0.05) is 37.6 Å². The van der Waals surface area contributed by atoms with Crippen molar-refractivity contribution in [2.75, 3.05) is 82.6 Å². The van der Waals surface area contributed by atoms with Crippen molar-refractivity contribution in [1.29, 1.82) is 0 Å². The van der Waals surface area contributed by atoms with Crippen molar-refractivity contribution in [3.63, 3.8) is 0 Å². The third-order valence-electron chi connectivity index (χ3n) is 20.8. The van der Waals surface area contributed by atoms with Gasteiger partial charge in [-0.2, -0.15) is 11.8 Å². The van der Waals surface area contributed by atoms with Crippen LogP contribution in [0.3, 0.4) is 0 Å². The molecule has 3 unspecified atom stereocenters. The Balaban J connectivity index is 1.53. The predicted molar refractivity (Wildman–Crippen MR) is 455 cm³/mol. The fourth-order valence-electron chi connectivity index (χ4n) is 14.0. The molecule has 50 heteroatoms. The first-order valence-electron chi connectivity index (χ1n) is 41.3. The first-order chi connectivity index (χ1) is 60.2. The molecule has 4 aliphatic rings. The van der Waals surface area contributed by atoms with Crippen LogP contribution in [0.4, 0.5) is 0 Å². The van der Waals surface area contributed by atoms with Crippen molar-refractivity contribution in [2.45, 2.75) is 221 Å². The highest BCUT2D eigenvalue weighted by molar-refractivity contribution is 8.76. The van der Waals surface area contributed by atoms with E-state index in [2.05, 4.69) is 74.4 Å². The molecule has 0 aromatic heterocycles. The van der Waals surface area contributed by atoms with E-state index in [4.69, 9.17) is 22.9 Å². The van der Waals surface area contributed by atoms with E-state index in [0.29, 0.717) is 39.3 Å². The quantitative estimate of drug-likeness (QED) is 0.0213. The van der Waals surface area contributed by atoms with Gasteiger partial charge in [-0.15, -0.1) is 0 Å². The maximum Gasteiger partial charge on any atom is 0.305 e. The van der Waals surface area contributed by atoms with Crippen LogP contribution in [0.15, 0.2) is 30.3 Å². The van der Waals surface area contributed by atoms with Gasteiger partial charge in [-0.1, -0.05) is 79.6 Å². The zero-order valence-corrected chi connectivity index (χ0v) is 73.5. The second-order valence-corrected chi connectivity index (χ2v) is 34.9. The molecule has 1 aromatic rings. The summed E-state index contributed by atoms with van der Waals surface area (Å²) >= 11 is 1.41. The number of thioether (sulfide) groups is 1. The molecule has 127 heavy (non-hydrogen) atoms. The molecule has 0 radical (unpaired) electrons. The maximum atomic E-state index is 15.3. The molecular formula is C77H119N21O26S3. The number of hydrogen-bond donors (Lipinski definition) is 23. The van der Waals surface area contributed by atoms with Crippen LogP contribution in [0.5, 0.6) is 0 Å². The van der Waals surface area contributed by atoms with Crippen LogP contribution in [0.1, 0.15) is 123 Å². The largest absolute Gasteiger partial charge is 0.481 e. The van der Waals surface area contributed by atoms with Gasteiger partial charge in [0.05, 0.1) is 52.2 Å². The van der Waals surface area contributed by atoms with Crippen LogP contribution in [-0.4, -0.2) is 344 Å². The number of unbranched alkanes of at least 4 members (excludes halogenated alkanes) is 1. The lowest BCUT2D eigenvalue weighted by atomic mass is 10.0. The number of carbonyl (C=O) groups excluding carboxylic acids is 19. The number of hydrogen-bond acceptors (Lipinski definition) is 29. The van der Waals surface area contributed by atoms with Crippen molar-refractivity contribution < 1.29 is 126 Å². The summed E-state index contributed by atoms with van der Waals surface area (Å²) in [5, 5.41) is 84.2. The van der Waals surface area contributed by atoms with Gasteiger partial charge in [0.25, 0.3) is 0 Å². The van der Waals surface area contributed by atoms with E-state index in [-0.39, 0.29) is 103 Å². The normalized spacial score (nSPS) is 21.3. The number of nitrogens with two attached hydrogens (primary N) is 4. The summed E-state index contributed by atoms with van der Waals surface area (Å²) in [5.41, 5.74) is 22.9. The Morgan fingerprint density at radius 2 is 1.11 bits per heavy atom. The molecule has 4 heterocycles. The first kappa shape index (κ1) is 106. The number of amides is 19. The number of carboxylic acids is 2. The van der Waals surface area contributed by atoms with Crippen molar-refractivity contribution in [3.05, 3.63) is 35.9 Å². The monoisotopic (exact) mass is 1850 g/mol. The van der Waals surface area contributed by atoms with Crippen molar-refractivity contribution in [1.82, 2.24) is 89.1 Å². The number of aliphatic carboxylic acids is 2. The summed E-state index contributed by atoms with van der Waals surface area (Å²) in [5.74, 6) is -25.3. The molecule has 4 saturated heterocycles. The van der Waals surface area contributed by atoms with Crippen LogP contribution in [0.2, 0.25) is 0 Å². The topological polar surface area (TPSA) is 742 Å². The van der Waals surface area contributed by atoms with E-state index in [0.717, 1.165) is 14.7 Å². The van der Waals surface area contributed by atoms with E-state index in [1.165, 1.54) is 11.8 Å². The average molecular weight is 1850 g/mol. The third kappa shape index (κ3) is 34.2. The Morgan fingerprint density at radius 3 is 1.69 bits per heavy atom. The molecule has 27 N–H and O–H groups in total. The lowest BCUT2D eigenvalue weighted by Crippen LogP contribution is -2.61. The van der Waals surface area contributed by atoms with E-state index < -0.39 is 290 Å². The summed E-state index contributed by atoms with van der Waals surface area (Å²) in [7, 11) is 1.40. The number of likely N-dealkylation sites (tertiary alicyclic amines) is 1. The minimum absolute atomic E-state index is 0.0199. The van der Waals surface area contributed by atoms with Gasteiger partial charge in [-0.25, -0.2) is 0 Å². The predicted octanol–water partition coefficient (Wildman–Crippen LogP) is -10.2. The van der Waals surface area contributed by atoms with E-state index in [1.54, 1.807) is 64.3 Å². The molecule has 19 amide bonds. The van der Waals surface area contributed by atoms with Crippen LogP contribution in [0, 0.1) is 11.8 Å². The minimum atomic E-state index is -2.06. The Bertz CT molecular complexity index is 4090. The molecule has 4 fully saturated rings. The van der Waals surface area contributed by atoms with Crippen molar-refractivity contribution >= 4 is 158 Å². The highest BCUT2D eigenvalue weighted by Gasteiger charge is 2.45. The van der Waals surface area contributed by atoms with Gasteiger partial charge in [-0.3, -0.25) is 101 Å². The molecular weight excluding hydrogens is 1730 g/mol. The van der Waals surface area contributed by atoms with Crippen LogP contribution in [0.25, 0.3) is 0 Å². The summed E-state index contributed by atoms with van der Waals surface area (Å²) in [6, 6.07) is -18.4. The number of carbonyl (C=O) groups is 21. The third-order valence-corrected chi connectivity index (χ3v) is 23.8. The zero-order chi connectivity index (χ0) is 94.5. The van der Waals surface area contributed by atoms with Gasteiger partial charge in [0.1, 0.15) is 96.7 Å². The first-order valence-corrected chi connectivity index (χ1v) is 45.2. The van der Waals surface area contributed by atoms with Gasteiger partial charge in [0.2, 0.25) is 112 Å². The van der Waals surface area contributed by atoms with E-state index in [1.807, 2.05) is 0 Å². The molecule has 47 nitrogen and oxygen atoms in total. The fourth-order valence-corrected chi connectivity index (χ4v) is 16.8. The Labute approximate surface area is 743 Å². The van der Waals surface area contributed by atoms with E-state index in [9.17, 15) is 112 Å². The molecule has 1 aromatic carbocycles.